The Labute approximate surface area is 147 Å². The maximum absolute atomic E-state index is 12.8. The van der Waals surface area contributed by atoms with Crippen molar-refractivity contribution in [3.8, 4) is 0 Å². The maximum atomic E-state index is 12.8. The fourth-order valence-electron chi connectivity index (χ4n) is 1.74. The first kappa shape index (κ1) is 23.0. The molecule has 136 valence electrons. The van der Waals surface area contributed by atoms with Gasteiger partial charge >= 0.3 is 5.97 Å². The van der Waals surface area contributed by atoms with Gasteiger partial charge in [-0.2, -0.15) is 0 Å². The smallest absolute Gasteiger partial charge is 0.314 e. The van der Waals surface area contributed by atoms with Gasteiger partial charge in [0.05, 0.1) is 18.8 Å². The SMILES string of the molecule is CC(C)(C)OC(=O)C(P=C(O[Si](C)(C)C)C(C)(C)C)[Si](C)(C)C. The highest BCUT2D eigenvalue weighted by molar-refractivity contribution is 7.47. The number of rotatable bonds is 5. The second kappa shape index (κ2) is 7.51. The minimum Gasteiger partial charge on any atom is -0.459 e. The number of hydrogen-bond donors (Lipinski definition) is 0. The molecule has 6 heteroatoms. The standard InChI is InChI=1S/C17H37O3PSi2/c1-16(2,3)15(20-23(10,11)12)21-14(22(7,8)9)13(18)19-17(4,5)6/h14H,1-12H3. The van der Waals surface area contributed by atoms with Crippen LogP contribution in [0.15, 0.2) is 0 Å². The molecule has 0 saturated heterocycles. The van der Waals surface area contributed by atoms with Crippen LogP contribution in [0.5, 0.6) is 0 Å². The Morgan fingerprint density at radius 1 is 0.913 bits per heavy atom. The van der Waals surface area contributed by atoms with Crippen molar-refractivity contribution in [1.29, 1.82) is 0 Å². The zero-order valence-electron chi connectivity index (χ0n) is 17.2. The number of hydrogen-bond acceptors (Lipinski definition) is 3. The molecule has 0 radical (unpaired) electrons. The van der Waals surface area contributed by atoms with Crippen LogP contribution in [0.3, 0.4) is 0 Å². The Balaban J connectivity index is 5.82. The lowest BCUT2D eigenvalue weighted by Gasteiger charge is -2.33. The maximum Gasteiger partial charge on any atom is 0.314 e. The fraction of sp³-hybridized carbons (Fsp3) is 0.882. The van der Waals surface area contributed by atoms with Gasteiger partial charge in [0, 0.05) is 5.41 Å². The predicted molar refractivity (Wildman–Crippen MR) is 109 cm³/mol. The monoisotopic (exact) mass is 376 g/mol. The number of carbonyl (C=O) groups excluding carboxylic acids is 1. The van der Waals surface area contributed by atoms with Crippen LogP contribution in [0.2, 0.25) is 39.3 Å². The van der Waals surface area contributed by atoms with Crippen molar-refractivity contribution < 1.29 is 14.0 Å². The van der Waals surface area contributed by atoms with E-state index in [1.54, 1.807) is 0 Å². The van der Waals surface area contributed by atoms with E-state index in [4.69, 9.17) is 9.16 Å². The van der Waals surface area contributed by atoms with Crippen LogP contribution in [0, 0.1) is 5.41 Å². The fourth-order valence-corrected chi connectivity index (χ4v) is 7.10. The van der Waals surface area contributed by atoms with Crippen LogP contribution in [-0.4, -0.2) is 38.7 Å². The summed E-state index contributed by atoms with van der Waals surface area (Å²) in [6.07, 6.45) is 0. The molecule has 0 amide bonds. The van der Waals surface area contributed by atoms with Crippen molar-refractivity contribution in [3.63, 3.8) is 0 Å². The quantitative estimate of drug-likeness (QED) is 0.358. The Kier molecular flexibility index (Phi) is 7.52. The third kappa shape index (κ3) is 9.80. The van der Waals surface area contributed by atoms with Crippen molar-refractivity contribution in [2.24, 2.45) is 5.41 Å². The van der Waals surface area contributed by atoms with E-state index in [1.807, 2.05) is 20.8 Å². The summed E-state index contributed by atoms with van der Waals surface area (Å²) in [4.78, 5) is 12.8. The second-order valence-corrected chi connectivity index (χ2v) is 21.6. The highest BCUT2D eigenvalue weighted by atomic mass is 31.1. The molecule has 0 aliphatic rings. The highest BCUT2D eigenvalue weighted by Crippen LogP contribution is 2.32. The minimum atomic E-state index is -1.74. The molecule has 3 nitrogen and oxygen atoms in total. The molecular weight excluding hydrogens is 339 g/mol. The summed E-state index contributed by atoms with van der Waals surface area (Å²) in [6.45, 7) is 25.5. The van der Waals surface area contributed by atoms with E-state index in [0.29, 0.717) is 0 Å². The molecule has 0 aromatic rings. The summed E-state index contributed by atoms with van der Waals surface area (Å²) in [5.74, 6) is -0.0840. The molecule has 0 N–H and O–H groups in total. The van der Waals surface area contributed by atoms with Crippen molar-refractivity contribution >= 4 is 36.0 Å². The van der Waals surface area contributed by atoms with Crippen LogP contribution in [0.4, 0.5) is 0 Å². The molecule has 0 bridgehead atoms. The zero-order valence-corrected chi connectivity index (χ0v) is 20.1. The van der Waals surface area contributed by atoms with Crippen LogP contribution >= 0.6 is 8.20 Å². The Hall–Kier alpha value is 0.0338. The molecule has 0 fully saturated rings. The molecule has 0 aromatic heterocycles. The molecule has 1 atom stereocenters. The Bertz CT molecular complexity index is 446. The van der Waals surface area contributed by atoms with Crippen molar-refractivity contribution in [2.45, 2.75) is 91.7 Å². The molecule has 0 saturated carbocycles. The van der Waals surface area contributed by atoms with Gasteiger partial charge in [0.15, 0.2) is 8.32 Å². The summed E-state index contributed by atoms with van der Waals surface area (Å²) < 4.78 is 12.1. The molecule has 1 unspecified atom stereocenters. The van der Waals surface area contributed by atoms with E-state index in [0.717, 1.165) is 13.7 Å². The lowest BCUT2D eigenvalue weighted by atomic mass is 9.99. The van der Waals surface area contributed by atoms with Crippen LogP contribution in [0.25, 0.3) is 0 Å². The lowest BCUT2D eigenvalue weighted by Crippen LogP contribution is -2.45. The van der Waals surface area contributed by atoms with E-state index in [2.05, 4.69) is 60.1 Å². The Morgan fingerprint density at radius 3 is 1.61 bits per heavy atom. The normalized spacial score (nSPS) is 16.3. The average molecular weight is 377 g/mol. The van der Waals surface area contributed by atoms with Crippen LogP contribution in [0.1, 0.15) is 41.5 Å². The van der Waals surface area contributed by atoms with E-state index in [1.165, 1.54) is 0 Å². The van der Waals surface area contributed by atoms with Gasteiger partial charge in [-0.25, -0.2) is 0 Å². The van der Waals surface area contributed by atoms with E-state index in [9.17, 15) is 4.79 Å². The third-order valence-electron chi connectivity index (χ3n) is 2.74. The van der Waals surface area contributed by atoms with E-state index in [-0.39, 0.29) is 16.7 Å². The number of esters is 1. The van der Waals surface area contributed by atoms with Gasteiger partial charge in [-0.05, 0) is 40.4 Å². The molecule has 0 rings (SSSR count). The summed E-state index contributed by atoms with van der Waals surface area (Å²) in [5, 5.41) is -0.104. The molecule has 0 aliphatic heterocycles. The minimum absolute atomic E-state index is 0.0816. The zero-order chi connectivity index (χ0) is 18.9. The first-order valence-electron chi connectivity index (χ1n) is 8.33. The van der Waals surface area contributed by atoms with Crippen molar-refractivity contribution in [2.75, 3.05) is 0 Å². The number of carbonyl (C=O) groups is 1. The summed E-state index contributed by atoms with van der Waals surface area (Å²) >= 11 is 0. The predicted octanol–water partition coefficient (Wildman–Crippen LogP) is 5.55. The molecule has 0 spiro atoms. The van der Waals surface area contributed by atoms with Gasteiger partial charge in [0.1, 0.15) is 5.60 Å². The van der Waals surface area contributed by atoms with Gasteiger partial charge in [-0.1, -0.05) is 48.6 Å². The summed E-state index contributed by atoms with van der Waals surface area (Å²) in [7, 11) is -2.47. The molecule has 0 heterocycles. The van der Waals surface area contributed by atoms with Crippen LogP contribution < -0.4 is 0 Å². The lowest BCUT2D eigenvalue weighted by molar-refractivity contribution is -0.152. The summed E-state index contributed by atoms with van der Waals surface area (Å²) in [5.41, 5.74) is 0.489. The molecule has 23 heavy (non-hydrogen) atoms. The Morgan fingerprint density at radius 2 is 1.35 bits per heavy atom. The van der Waals surface area contributed by atoms with Gasteiger partial charge < -0.3 is 9.16 Å². The van der Waals surface area contributed by atoms with E-state index < -0.39 is 22.0 Å². The van der Waals surface area contributed by atoms with E-state index >= 15 is 0 Å². The topological polar surface area (TPSA) is 35.5 Å². The van der Waals surface area contributed by atoms with Crippen molar-refractivity contribution in [3.05, 3.63) is 0 Å². The first-order valence-corrected chi connectivity index (χ1v) is 16.3. The van der Waals surface area contributed by atoms with Crippen LogP contribution in [-0.2, 0) is 14.0 Å². The third-order valence-corrected chi connectivity index (χ3v) is 9.78. The summed E-state index contributed by atoms with van der Waals surface area (Å²) in [6, 6.07) is 0. The average Bonchev–Trinajstić information content (AvgIpc) is 2.15. The highest BCUT2D eigenvalue weighted by Gasteiger charge is 2.37. The molecular formula is C17H37O3PSi2. The van der Waals surface area contributed by atoms with Gasteiger partial charge in [0.2, 0.25) is 0 Å². The largest absolute Gasteiger partial charge is 0.459 e. The first-order chi connectivity index (χ1) is 9.83. The molecule has 0 aliphatic carbocycles. The van der Waals surface area contributed by atoms with Gasteiger partial charge in [-0.15, -0.1) is 0 Å². The molecule has 0 aromatic carbocycles. The van der Waals surface area contributed by atoms with Gasteiger partial charge in [-0.3, -0.25) is 4.79 Å². The van der Waals surface area contributed by atoms with Gasteiger partial charge in [0.25, 0.3) is 0 Å². The van der Waals surface area contributed by atoms with Crippen molar-refractivity contribution in [1.82, 2.24) is 0 Å². The number of ether oxygens (including phenoxy) is 1. The second-order valence-electron chi connectivity index (χ2n) is 10.2.